The van der Waals surface area contributed by atoms with Crippen LogP contribution in [0.4, 0.5) is 0 Å². The summed E-state index contributed by atoms with van der Waals surface area (Å²) in [5.41, 5.74) is 1.84. The molecule has 4 heteroatoms. The van der Waals surface area contributed by atoms with Gasteiger partial charge in [0.2, 0.25) is 4.33 Å². The molecule has 1 aromatic rings. The first-order valence-electron chi connectivity index (χ1n) is 3.99. The summed E-state index contributed by atoms with van der Waals surface area (Å²) in [5, 5.41) is 9.29. The second-order valence-electron chi connectivity index (χ2n) is 3.08. The molecule has 0 aliphatic rings. The molecule has 0 amide bonds. The molecule has 1 rings (SSSR count). The molecular weight excluding hydrogens is 240 g/mol. The number of rotatable bonds is 2. The zero-order valence-electron chi connectivity index (χ0n) is 7.52. The second-order valence-corrected chi connectivity index (χ2v) is 4.97. The van der Waals surface area contributed by atoms with Gasteiger partial charge in [0.1, 0.15) is 6.07 Å². The van der Waals surface area contributed by atoms with Crippen molar-refractivity contribution in [2.24, 2.45) is 0 Å². The summed E-state index contributed by atoms with van der Waals surface area (Å²) in [7, 11) is 0. The van der Waals surface area contributed by atoms with Gasteiger partial charge in [0.05, 0.1) is 0 Å². The van der Waals surface area contributed by atoms with Gasteiger partial charge in [-0.2, -0.15) is 5.26 Å². The highest BCUT2D eigenvalue weighted by Gasteiger charge is 2.23. The predicted octanol–water partition coefficient (Wildman–Crippen LogP) is 3.89. The Morgan fingerprint density at radius 1 is 1.43 bits per heavy atom. The first-order chi connectivity index (χ1) is 6.44. The average molecular weight is 249 g/mol. The van der Waals surface area contributed by atoms with E-state index in [4.69, 9.17) is 40.1 Å². The Bertz CT molecular complexity index is 379. The van der Waals surface area contributed by atoms with Crippen LogP contribution in [0, 0.1) is 18.3 Å². The minimum atomic E-state index is -1.38. The first kappa shape index (κ1) is 11.7. The summed E-state index contributed by atoms with van der Waals surface area (Å²) < 4.78 is -1.38. The van der Waals surface area contributed by atoms with Crippen molar-refractivity contribution < 1.29 is 0 Å². The monoisotopic (exact) mass is 247 g/mol. The van der Waals surface area contributed by atoms with Gasteiger partial charge in [-0.1, -0.05) is 46.9 Å². The standard InChI is InChI=1S/C10H8Cl3N/c1-7-2-3-8(4-9(7)11)5-10(12,13)6-14/h2-4H,5H2,1H3. The van der Waals surface area contributed by atoms with Crippen LogP contribution in [0.25, 0.3) is 0 Å². The Balaban J connectivity index is 2.90. The fourth-order valence-electron chi connectivity index (χ4n) is 1.04. The van der Waals surface area contributed by atoms with Crippen molar-refractivity contribution in [2.75, 3.05) is 0 Å². The topological polar surface area (TPSA) is 23.8 Å². The third-order valence-corrected chi connectivity index (χ3v) is 2.67. The van der Waals surface area contributed by atoms with E-state index in [1.807, 2.05) is 25.1 Å². The molecule has 0 aromatic heterocycles. The maximum atomic E-state index is 8.63. The van der Waals surface area contributed by atoms with Gasteiger partial charge in [-0.3, -0.25) is 0 Å². The van der Waals surface area contributed by atoms with Crippen molar-refractivity contribution in [3.05, 3.63) is 34.3 Å². The fourth-order valence-corrected chi connectivity index (χ4v) is 1.55. The molecule has 0 radical (unpaired) electrons. The molecule has 0 bridgehead atoms. The quantitative estimate of drug-likeness (QED) is 0.729. The normalized spacial score (nSPS) is 11.1. The van der Waals surface area contributed by atoms with E-state index in [9.17, 15) is 0 Å². The predicted molar refractivity (Wildman–Crippen MR) is 59.9 cm³/mol. The van der Waals surface area contributed by atoms with Crippen LogP contribution >= 0.6 is 34.8 Å². The van der Waals surface area contributed by atoms with E-state index in [-0.39, 0.29) is 6.42 Å². The average Bonchev–Trinajstić information content (AvgIpc) is 2.11. The Labute approximate surface area is 98.2 Å². The summed E-state index contributed by atoms with van der Waals surface area (Å²) in [4.78, 5) is 0. The summed E-state index contributed by atoms with van der Waals surface area (Å²) in [5.74, 6) is 0. The molecule has 0 aliphatic carbocycles. The van der Waals surface area contributed by atoms with E-state index < -0.39 is 4.33 Å². The van der Waals surface area contributed by atoms with Crippen LogP contribution in [0.2, 0.25) is 5.02 Å². The SMILES string of the molecule is Cc1ccc(CC(Cl)(Cl)C#N)cc1Cl. The molecule has 1 nitrogen and oxygen atoms in total. The molecule has 74 valence electrons. The van der Waals surface area contributed by atoms with Gasteiger partial charge in [0.15, 0.2) is 0 Å². The molecule has 1 aromatic carbocycles. The summed E-state index contributed by atoms with van der Waals surface area (Å²) >= 11 is 17.3. The van der Waals surface area contributed by atoms with Gasteiger partial charge < -0.3 is 0 Å². The van der Waals surface area contributed by atoms with E-state index in [0.717, 1.165) is 11.1 Å². The van der Waals surface area contributed by atoms with E-state index in [0.29, 0.717) is 5.02 Å². The minimum absolute atomic E-state index is 0.270. The Morgan fingerprint density at radius 2 is 2.07 bits per heavy atom. The van der Waals surface area contributed by atoms with Crippen molar-refractivity contribution >= 4 is 34.8 Å². The van der Waals surface area contributed by atoms with Gasteiger partial charge in [0, 0.05) is 11.4 Å². The van der Waals surface area contributed by atoms with Gasteiger partial charge in [-0.25, -0.2) is 0 Å². The number of hydrogen-bond donors (Lipinski definition) is 0. The Hall–Kier alpha value is -0.420. The Kier molecular flexibility index (Phi) is 3.66. The molecule has 0 N–H and O–H groups in total. The molecule has 0 saturated heterocycles. The molecular formula is C10H8Cl3N. The van der Waals surface area contributed by atoms with Crippen LogP contribution in [-0.4, -0.2) is 4.33 Å². The molecule has 0 saturated carbocycles. The van der Waals surface area contributed by atoms with Crippen LogP contribution in [0.3, 0.4) is 0 Å². The van der Waals surface area contributed by atoms with Crippen molar-refractivity contribution in [3.8, 4) is 6.07 Å². The van der Waals surface area contributed by atoms with Crippen molar-refractivity contribution in [3.63, 3.8) is 0 Å². The van der Waals surface area contributed by atoms with Crippen LogP contribution in [0.15, 0.2) is 18.2 Å². The van der Waals surface area contributed by atoms with E-state index in [2.05, 4.69) is 0 Å². The van der Waals surface area contributed by atoms with Crippen LogP contribution in [0.5, 0.6) is 0 Å². The van der Waals surface area contributed by atoms with Crippen molar-refractivity contribution in [2.45, 2.75) is 17.7 Å². The van der Waals surface area contributed by atoms with Crippen molar-refractivity contribution in [1.29, 1.82) is 5.26 Å². The lowest BCUT2D eigenvalue weighted by molar-refractivity contribution is 0.945. The lowest BCUT2D eigenvalue weighted by Crippen LogP contribution is -2.13. The van der Waals surface area contributed by atoms with E-state index >= 15 is 0 Å². The number of alkyl halides is 2. The largest absolute Gasteiger partial charge is 0.207 e. The maximum absolute atomic E-state index is 8.63. The second kappa shape index (κ2) is 4.40. The smallest absolute Gasteiger partial charge is 0.195 e. The zero-order chi connectivity index (χ0) is 10.8. The summed E-state index contributed by atoms with van der Waals surface area (Å²) in [6.45, 7) is 1.91. The third kappa shape index (κ3) is 3.06. The fraction of sp³-hybridized carbons (Fsp3) is 0.300. The molecule has 14 heavy (non-hydrogen) atoms. The number of nitrogens with zero attached hydrogens (tertiary/aromatic N) is 1. The van der Waals surface area contributed by atoms with E-state index in [1.54, 1.807) is 6.07 Å². The summed E-state index contributed by atoms with van der Waals surface area (Å²) in [6.07, 6.45) is 0.270. The third-order valence-electron chi connectivity index (χ3n) is 1.83. The van der Waals surface area contributed by atoms with Crippen LogP contribution in [0.1, 0.15) is 11.1 Å². The molecule has 0 atom stereocenters. The lowest BCUT2D eigenvalue weighted by Gasteiger charge is -2.10. The summed E-state index contributed by atoms with van der Waals surface area (Å²) in [6, 6.07) is 7.32. The molecule has 0 unspecified atom stereocenters. The number of aryl methyl sites for hydroxylation is 1. The van der Waals surface area contributed by atoms with Gasteiger partial charge in [0.25, 0.3) is 0 Å². The van der Waals surface area contributed by atoms with Crippen LogP contribution in [-0.2, 0) is 6.42 Å². The highest BCUT2D eigenvalue weighted by atomic mass is 35.5. The van der Waals surface area contributed by atoms with E-state index in [1.165, 1.54) is 0 Å². The first-order valence-corrected chi connectivity index (χ1v) is 5.12. The van der Waals surface area contributed by atoms with Gasteiger partial charge >= 0.3 is 0 Å². The number of halogens is 3. The molecule has 0 heterocycles. The number of nitriles is 1. The number of hydrogen-bond acceptors (Lipinski definition) is 1. The molecule has 0 aliphatic heterocycles. The molecule has 0 spiro atoms. The highest BCUT2D eigenvalue weighted by molar-refractivity contribution is 6.50. The molecule has 0 fully saturated rings. The lowest BCUT2D eigenvalue weighted by atomic mass is 10.1. The number of benzene rings is 1. The zero-order valence-corrected chi connectivity index (χ0v) is 9.79. The van der Waals surface area contributed by atoms with Crippen molar-refractivity contribution in [1.82, 2.24) is 0 Å². The van der Waals surface area contributed by atoms with Crippen LogP contribution < -0.4 is 0 Å². The van der Waals surface area contributed by atoms with Gasteiger partial charge in [-0.15, -0.1) is 0 Å². The highest BCUT2D eigenvalue weighted by Crippen LogP contribution is 2.27. The van der Waals surface area contributed by atoms with Gasteiger partial charge in [-0.05, 0) is 24.1 Å². The minimum Gasteiger partial charge on any atom is -0.195 e. The Morgan fingerprint density at radius 3 is 2.57 bits per heavy atom. The maximum Gasteiger partial charge on any atom is 0.207 e.